The molecular formula is C20H28F3N3O3. The lowest BCUT2D eigenvalue weighted by Crippen LogP contribution is -2.43. The van der Waals surface area contributed by atoms with Crippen molar-refractivity contribution in [3.8, 4) is 0 Å². The van der Waals surface area contributed by atoms with Crippen molar-refractivity contribution >= 4 is 17.5 Å². The standard InChI is InChI=1S/C20H28F3N3O3/c1-2-29-13-5-10-24-19(28)15-8-11-26(12-9-15)14-18(27)25-17-7-4-3-6-16(17)20(21,22)23/h3-4,6-7,15H,2,5,8-14H2,1H3,(H,24,28)(H,25,27). The zero-order valence-electron chi connectivity index (χ0n) is 16.6. The van der Waals surface area contributed by atoms with Crippen molar-refractivity contribution in [3.63, 3.8) is 0 Å². The minimum atomic E-state index is -4.53. The number of nitrogens with zero attached hydrogens (tertiary/aromatic N) is 1. The van der Waals surface area contributed by atoms with Gasteiger partial charge in [0.25, 0.3) is 0 Å². The van der Waals surface area contributed by atoms with Crippen LogP contribution in [0.1, 0.15) is 31.7 Å². The van der Waals surface area contributed by atoms with Gasteiger partial charge in [-0.15, -0.1) is 0 Å². The average Bonchev–Trinajstić information content (AvgIpc) is 2.67. The molecule has 0 unspecified atom stereocenters. The Morgan fingerprint density at radius 1 is 1.21 bits per heavy atom. The van der Waals surface area contributed by atoms with Crippen molar-refractivity contribution in [1.29, 1.82) is 0 Å². The summed E-state index contributed by atoms with van der Waals surface area (Å²) >= 11 is 0. The number of para-hydroxylation sites is 1. The van der Waals surface area contributed by atoms with E-state index < -0.39 is 17.6 Å². The summed E-state index contributed by atoms with van der Waals surface area (Å²) in [5, 5.41) is 5.25. The molecule has 0 atom stereocenters. The van der Waals surface area contributed by atoms with Gasteiger partial charge in [0.2, 0.25) is 11.8 Å². The highest BCUT2D eigenvalue weighted by molar-refractivity contribution is 5.93. The molecule has 1 aromatic rings. The Balaban J connectivity index is 1.74. The van der Waals surface area contributed by atoms with Gasteiger partial charge in [0.15, 0.2) is 0 Å². The van der Waals surface area contributed by atoms with Crippen molar-refractivity contribution in [2.75, 3.05) is 44.7 Å². The topological polar surface area (TPSA) is 70.7 Å². The Bertz CT molecular complexity index is 674. The summed E-state index contributed by atoms with van der Waals surface area (Å²) in [5.74, 6) is -0.599. The van der Waals surface area contributed by atoms with Crippen LogP contribution >= 0.6 is 0 Å². The van der Waals surface area contributed by atoms with E-state index in [1.165, 1.54) is 18.2 Å². The molecule has 29 heavy (non-hydrogen) atoms. The molecule has 0 spiro atoms. The van der Waals surface area contributed by atoms with E-state index in [0.717, 1.165) is 12.5 Å². The molecule has 162 valence electrons. The van der Waals surface area contributed by atoms with Crippen LogP contribution < -0.4 is 10.6 Å². The van der Waals surface area contributed by atoms with Crippen molar-refractivity contribution in [2.24, 2.45) is 5.92 Å². The number of nitrogens with one attached hydrogen (secondary N) is 2. The van der Waals surface area contributed by atoms with Crippen LogP contribution in [0, 0.1) is 5.92 Å². The van der Waals surface area contributed by atoms with Crippen LogP contribution in [0.3, 0.4) is 0 Å². The van der Waals surface area contributed by atoms with Gasteiger partial charge in [0, 0.05) is 25.7 Å². The number of ether oxygens (including phenoxy) is 1. The molecule has 2 rings (SSSR count). The largest absolute Gasteiger partial charge is 0.418 e. The summed E-state index contributed by atoms with van der Waals surface area (Å²) in [5.41, 5.74) is -1.11. The number of likely N-dealkylation sites (tertiary alicyclic amines) is 1. The van der Waals surface area contributed by atoms with Gasteiger partial charge in [-0.1, -0.05) is 12.1 Å². The average molecular weight is 415 g/mol. The van der Waals surface area contributed by atoms with Gasteiger partial charge in [-0.3, -0.25) is 14.5 Å². The number of halogens is 3. The maximum Gasteiger partial charge on any atom is 0.418 e. The number of piperidine rings is 1. The molecule has 1 aliphatic rings. The van der Waals surface area contributed by atoms with Gasteiger partial charge in [0.1, 0.15) is 0 Å². The predicted molar refractivity (Wildman–Crippen MR) is 103 cm³/mol. The van der Waals surface area contributed by atoms with Gasteiger partial charge in [0.05, 0.1) is 17.8 Å². The van der Waals surface area contributed by atoms with E-state index in [0.29, 0.717) is 45.7 Å². The molecule has 0 bridgehead atoms. The molecule has 1 aromatic carbocycles. The molecule has 1 fully saturated rings. The van der Waals surface area contributed by atoms with E-state index in [1.54, 1.807) is 0 Å². The molecule has 9 heteroatoms. The monoisotopic (exact) mass is 415 g/mol. The Kier molecular flexibility index (Phi) is 8.91. The molecule has 1 aliphatic heterocycles. The lowest BCUT2D eigenvalue weighted by Gasteiger charge is -2.30. The van der Waals surface area contributed by atoms with Crippen LogP contribution in [0.15, 0.2) is 24.3 Å². The molecule has 2 amide bonds. The molecule has 0 aromatic heterocycles. The minimum Gasteiger partial charge on any atom is -0.382 e. The fourth-order valence-corrected chi connectivity index (χ4v) is 3.26. The number of benzene rings is 1. The predicted octanol–water partition coefficient (Wildman–Crippen LogP) is 2.90. The first-order valence-electron chi connectivity index (χ1n) is 9.85. The first kappa shape index (κ1) is 23.2. The van der Waals surface area contributed by atoms with Crippen LogP contribution in [-0.4, -0.2) is 56.1 Å². The van der Waals surface area contributed by atoms with Crippen molar-refractivity contribution in [3.05, 3.63) is 29.8 Å². The third-order valence-electron chi connectivity index (χ3n) is 4.80. The normalized spacial score (nSPS) is 15.9. The van der Waals surface area contributed by atoms with Crippen molar-refractivity contribution < 1.29 is 27.5 Å². The van der Waals surface area contributed by atoms with Crippen LogP contribution in [0.2, 0.25) is 0 Å². The van der Waals surface area contributed by atoms with Crippen LogP contribution in [0.25, 0.3) is 0 Å². The van der Waals surface area contributed by atoms with E-state index in [2.05, 4.69) is 10.6 Å². The second kappa shape index (κ2) is 11.2. The third-order valence-corrected chi connectivity index (χ3v) is 4.80. The molecular weight excluding hydrogens is 387 g/mol. The highest BCUT2D eigenvalue weighted by atomic mass is 19.4. The molecule has 1 saturated heterocycles. The zero-order chi connectivity index (χ0) is 21.3. The first-order chi connectivity index (χ1) is 13.8. The highest BCUT2D eigenvalue weighted by Gasteiger charge is 2.33. The zero-order valence-corrected chi connectivity index (χ0v) is 16.6. The summed E-state index contributed by atoms with van der Waals surface area (Å²) in [6.45, 7) is 4.84. The maximum atomic E-state index is 13.0. The quantitative estimate of drug-likeness (QED) is 0.609. The Labute approximate surface area is 168 Å². The lowest BCUT2D eigenvalue weighted by atomic mass is 9.96. The van der Waals surface area contributed by atoms with E-state index in [-0.39, 0.29) is 24.1 Å². The fourth-order valence-electron chi connectivity index (χ4n) is 3.26. The van der Waals surface area contributed by atoms with E-state index in [9.17, 15) is 22.8 Å². The third kappa shape index (κ3) is 7.66. The van der Waals surface area contributed by atoms with E-state index >= 15 is 0 Å². The summed E-state index contributed by atoms with van der Waals surface area (Å²) in [4.78, 5) is 26.2. The van der Waals surface area contributed by atoms with Gasteiger partial charge < -0.3 is 15.4 Å². The molecule has 6 nitrogen and oxygen atoms in total. The number of rotatable bonds is 9. The summed E-state index contributed by atoms with van der Waals surface area (Å²) in [7, 11) is 0. The second-order valence-electron chi connectivity index (χ2n) is 6.98. The molecule has 0 saturated carbocycles. The summed E-state index contributed by atoms with van der Waals surface area (Å²) in [6.07, 6.45) is -2.54. The maximum absolute atomic E-state index is 13.0. The minimum absolute atomic E-state index is 0.00436. The number of hydrogen-bond acceptors (Lipinski definition) is 4. The first-order valence-corrected chi connectivity index (χ1v) is 9.85. The Morgan fingerprint density at radius 3 is 2.55 bits per heavy atom. The van der Waals surface area contributed by atoms with Gasteiger partial charge in [-0.2, -0.15) is 13.2 Å². The van der Waals surface area contributed by atoms with Crippen LogP contribution in [-0.2, 0) is 20.5 Å². The van der Waals surface area contributed by atoms with E-state index in [4.69, 9.17) is 4.74 Å². The molecule has 1 heterocycles. The number of carbonyl (C=O) groups excluding carboxylic acids is 2. The summed E-state index contributed by atoms with van der Waals surface area (Å²) < 4.78 is 44.3. The van der Waals surface area contributed by atoms with Crippen molar-refractivity contribution in [2.45, 2.75) is 32.4 Å². The van der Waals surface area contributed by atoms with Crippen LogP contribution in [0.5, 0.6) is 0 Å². The van der Waals surface area contributed by atoms with Gasteiger partial charge in [-0.05, 0) is 51.4 Å². The highest BCUT2D eigenvalue weighted by Crippen LogP contribution is 2.34. The van der Waals surface area contributed by atoms with Crippen LogP contribution in [0.4, 0.5) is 18.9 Å². The number of hydrogen-bond donors (Lipinski definition) is 2. The number of anilines is 1. The summed E-state index contributed by atoms with van der Waals surface area (Å²) in [6, 6.07) is 4.91. The molecule has 0 aliphatic carbocycles. The smallest absolute Gasteiger partial charge is 0.382 e. The Hall–Kier alpha value is -2.13. The van der Waals surface area contributed by atoms with Crippen molar-refractivity contribution in [1.82, 2.24) is 10.2 Å². The molecule has 0 radical (unpaired) electrons. The lowest BCUT2D eigenvalue weighted by molar-refractivity contribution is -0.137. The van der Waals surface area contributed by atoms with Gasteiger partial charge >= 0.3 is 6.18 Å². The van der Waals surface area contributed by atoms with E-state index in [1.807, 2.05) is 11.8 Å². The molecule has 2 N–H and O–H groups in total. The number of amides is 2. The van der Waals surface area contributed by atoms with Gasteiger partial charge in [-0.25, -0.2) is 0 Å². The Morgan fingerprint density at radius 2 is 1.90 bits per heavy atom. The second-order valence-corrected chi connectivity index (χ2v) is 6.98. The number of carbonyl (C=O) groups is 2. The fraction of sp³-hybridized carbons (Fsp3) is 0.600. The number of alkyl halides is 3. The SMILES string of the molecule is CCOCCCNC(=O)C1CCN(CC(=O)Nc2ccccc2C(F)(F)F)CC1.